The highest BCUT2D eigenvalue weighted by Gasteiger charge is 2.33. The van der Waals surface area contributed by atoms with E-state index in [1.165, 1.54) is 6.21 Å². The molecule has 7 nitrogen and oxygen atoms in total. The first-order valence-corrected chi connectivity index (χ1v) is 9.56. The third-order valence-electron chi connectivity index (χ3n) is 4.38. The summed E-state index contributed by atoms with van der Waals surface area (Å²) in [4.78, 5) is 25.9. The third-order valence-corrected chi connectivity index (χ3v) is 4.71. The maximum atomic E-state index is 12.9. The molecule has 0 atom stereocenters. The van der Waals surface area contributed by atoms with Crippen LogP contribution in [0.5, 0.6) is 0 Å². The lowest BCUT2D eigenvalue weighted by Crippen LogP contribution is -2.36. The van der Waals surface area contributed by atoms with Gasteiger partial charge in [-0.2, -0.15) is 18.3 Å². The number of benzene rings is 2. The van der Waals surface area contributed by atoms with Gasteiger partial charge in [-0.15, -0.1) is 0 Å². The number of carbonyl (C=O) groups is 2. The van der Waals surface area contributed by atoms with Crippen LogP contribution >= 0.6 is 11.6 Å². The summed E-state index contributed by atoms with van der Waals surface area (Å²) in [5, 5.41) is 5.26. The summed E-state index contributed by atoms with van der Waals surface area (Å²) < 4.78 is 43.9. The summed E-state index contributed by atoms with van der Waals surface area (Å²) >= 11 is 5.52. The van der Waals surface area contributed by atoms with Crippen molar-refractivity contribution in [1.29, 1.82) is 0 Å². The number of rotatable bonds is 4. The standard InChI is InChI=1S/C20H18ClF3N4O3/c21-17-6-3-14(11-16(17)20(22,23)24)26-18(29)19(30)27-25-12-13-1-4-15(5-2-13)28-7-9-31-10-8-28/h1-6,11-12H,7-10H2,(H,26,29)(H,27,30)/b25-12-. The molecule has 164 valence electrons. The van der Waals surface area contributed by atoms with E-state index in [0.717, 1.165) is 30.9 Å². The van der Waals surface area contributed by atoms with Gasteiger partial charge in [0.1, 0.15) is 0 Å². The monoisotopic (exact) mass is 454 g/mol. The second-order valence-electron chi connectivity index (χ2n) is 6.54. The second-order valence-corrected chi connectivity index (χ2v) is 6.94. The molecule has 2 amide bonds. The SMILES string of the molecule is O=C(N/N=C\c1ccc(N2CCOCC2)cc1)C(=O)Nc1ccc(Cl)c(C(F)(F)F)c1. The van der Waals surface area contributed by atoms with Crippen LogP contribution < -0.4 is 15.6 Å². The van der Waals surface area contributed by atoms with Crippen molar-refractivity contribution >= 4 is 41.0 Å². The second kappa shape index (κ2) is 9.80. The van der Waals surface area contributed by atoms with Gasteiger partial charge in [0.2, 0.25) is 0 Å². The average Bonchev–Trinajstić information content (AvgIpc) is 2.75. The van der Waals surface area contributed by atoms with Gasteiger partial charge in [0.25, 0.3) is 0 Å². The molecule has 0 aromatic heterocycles. The van der Waals surface area contributed by atoms with E-state index < -0.39 is 28.6 Å². The number of alkyl halides is 3. The number of carbonyl (C=O) groups excluding carboxylic acids is 2. The Bertz CT molecular complexity index is 975. The molecule has 1 saturated heterocycles. The first kappa shape index (κ1) is 22.6. The Morgan fingerprint density at radius 2 is 1.74 bits per heavy atom. The Balaban J connectivity index is 1.54. The van der Waals surface area contributed by atoms with Crippen molar-refractivity contribution in [2.75, 3.05) is 36.5 Å². The molecule has 1 heterocycles. The van der Waals surface area contributed by atoms with Crippen LogP contribution in [0.1, 0.15) is 11.1 Å². The fraction of sp³-hybridized carbons (Fsp3) is 0.250. The van der Waals surface area contributed by atoms with Gasteiger partial charge in [-0.3, -0.25) is 9.59 Å². The highest BCUT2D eigenvalue weighted by Crippen LogP contribution is 2.36. The first-order valence-electron chi connectivity index (χ1n) is 9.18. The van der Waals surface area contributed by atoms with E-state index in [0.29, 0.717) is 24.8 Å². The molecule has 0 radical (unpaired) electrons. The quantitative estimate of drug-likeness (QED) is 0.422. The number of nitrogens with one attached hydrogen (secondary N) is 2. The normalized spacial score (nSPS) is 14.5. The van der Waals surface area contributed by atoms with Crippen molar-refractivity contribution in [3.63, 3.8) is 0 Å². The zero-order valence-electron chi connectivity index (χ0n) is 16.1. The topological polar surface area (TPSA) is 83.0 Å². The van der Waals surface area contributed by atoms with Gasteiger partial charge in [-0.25, -0.2) is 5.43 Å². The van der Waals surface area contributed by atoms with Crippen molar-refractivity contribution in [3.8, 4) is 0 Å². The van der Waals surface area contributed by atoms with Crippen LogP contribution in [0.25, 0.3) is 0 Å². The van der Waals surface area contributed by atoms with Gasteiger partial charge < -0.3 is 15.0 Å². The number of hydrazone groups is 1. The predicted octanol–water partition coefficient (Wildman–Crippen LogP) is 3.28. The van der Waals surface area contributed by atoms with Gasteiger partial charge in [-0.1, -0.05) is 23.7 Å². The average molecular weight is 455 g/mol. The predicted molar refractivity (Wildman–Crippen MR) is 110 cm³/mol. The van der Waals surface area contributed by atoms with Gasteiger partial charge in [0, 0.05) is 24.5 Å². The molecule has 2 aromatic rings. The molecule has 0 spiro atoms. The zero-order chi connectivity index (χ0) is 22.4. The van der Waals surface area contributed by atoms with Gasteiger partial charge in [0.05, 0.1) is 30.0 Å². The minimum absolute atomic E-state index is 0.223. The molecule has 1 fully saturated rings. The third kappa shape index (κ3) is 6.19. The van der Waals surface area contributed by atoms with E-state index in [1.807, 2.05) is 17.6 Å². The summed E-state index contributed by atoms with van der Waals surface area (Å²) in [6, 6.07) is 10.2. The summed E-state index contributed by atoms with van der Waals surface area (Å²) in [5.41, 5.74) is 2.40. The van der Waals surface area contributed by atoms with Gasteiger partial charge >= 0.3 is 18.0 Å². The van der Waals surface area contributed by atoms with Crippen LogP contribution in [-0.2, 0) is 20.5 Å². The molecule has 11 heteroatoms. The Morgan fingerprint density at radius 1 is 1.06 bits per heavy atom. The van der Waals surface area contributed by atoms with Crippen molar-refractivity contribution in [2.24, 2.45) is 5.10 Å². The molecule has 0 saturated carbocycles. The molecular weight excluding hydrogens is 437 g/mol. The molecule has 0 unspecified atom stereocenters. The van der Waals surface area contributed by atoms with E-state index in [1.54, 1.807) is 12.1 Å². The molecule has 1 aliphatic rings. The maximum absolute atomic E-state index is 12.9. The van der Waals surface area contributed by atoms with Crippen LogP contribution in [0.3, 0.4) is 0 Å². The highest BCUT2D eigenvalue weighted by atomic mass is 35.5. The van der Waals surface area contributed by atoms with Gasteiger partial charge in [0.15, 0.2) is 0 Å². The zero-order valence-corrected chi connectivity index (χ0v) is 16.8. The molecule has 1 aliphatic heterocycles. The summed E-state index contributed by atoms with van der Waals surface area (Å²) in [5.74, 6) is -2.31. The number of hydrogen-bond acceptors (Lipinski definition) is 5. The number of ether oxygens (including phenoxy) is 1. The van der Waals surface area contributed by atoms with E-state index in [2.05, 4.69) is 15.3 Å². The molecule has 2 N–H and O–H groups in total. The Kier molecular flexibility index (Phi) is 7.13. The molecule has 31 heavy (non-hydrogen) atoms. The summed E-state index contributed by atoms with van der Waals surface area (Å²) in [6.45, 7) is 2.95. The minimum Gasteiger partial charge on any atom is -0.378 e. The van der Waals surface area contributed by atoms with Crippen molar-refractivity contribution < 1.29 is 27.5 Å². The Labute approximate surface area is 180 Å². The molecule has 0 aliphatic carbocycles. The highest BCUT2D eigenvalue weighted by molar-refractivity contribution is 6.39. The van der Waals surface area contributed by atoms with Crippen LogP contribution in [0.15, 0.2) is 47.6 Å². The van der Waals surface area contributed by atoms with Crippen molar-refractivity contribution in [2.45, 2.75) is 6.18 Å². The lowest BCUT2D eigenvalue weighted by molar-refractivity contribution is -0.137. The summed E-state index contributed by atoms with van der Waals surface area (Å²) in [6.07, 6.45) is -3.35. The Morgan fingerprint density at radius 3 is 2.39 bits per heavy atom. The van der Waals surface area contributed by atoms with Gasteiger partial charge in [-0.05, 0) is 35.9 Å². The van der Waals surface area contributed by atoms with E-state index in [-0.39, 0.29) is 5.69 Å². The molecular formula is C20H18ClF3N4O3. The van der Waals surface area contributed by atoms with Crippen LogP contribution in [0.2, 0.25) is 5.02 Å². The fourth-order valence-corrected chi connectivity index (χ4v) is 3.04. The van der Waals surface area contributed by atoms with Crippen LogP contribution in [-0.4, -0.2) is 44.3 Å². The number of hydrogen-bond donors (Lipinski definition) is 2. The van der Waals surface area contributed by atoms with Crippen LogP contribution in [0, 0.1) is 0 Å². The van der Waals surface area contributed by atoms with E-state index in [9.17, 15) is 22.8 Å². The number of halogens is 4. The van der Waals surface area contributed by atoms with E-state index in [4.69, 9.17) is 16.3 Å². The first-order chi connectivity index (χ1) is 14.7. The lowest BCUT2D eigenvalue weighted by atomic mass is 10.2. The molecule has 2 aromatic carbocycles. The smallest absolute Gasteiger partial charge is 0.378 e. The Hall–Kier alpha value is -3.11. The number of anilines is 2. The fourth-order valence-electron chi connectivity index (χ4n) is 2.82. The number of amides is 2. The molecule has 3 rings (SSSR count). The summed E-state index contributed by atoms with van der Waals surface area (Å²) in [7, 11) is 0. The number of morpholine rings is 1. The van der Waals surface area contributed by atoms with Crippen LogP contribution in [0.4, 0.5) is 24.5 Å². The number of nitrogens with zero attached hydrogens (tertiary/aromatic N) is 2. The maximum Gasteiger partial charge on any atom is 0.417 e. The van der Waals surface area contributed by atoms with Crippen molar-refractivity contribution in [1.82, 2.24) is 5.43 Å². The van der Waals surface area contributed by atoms with E-state index >= 15 is 0 Å². The largest absolute Gasteiger partial charge is 0.417 e. The lowest BCUT2D eigenvalue weighted by Gasteiger charge is -2.28. The van der Waals surface area contributed by atoms with Crippen molar-refractivity contribution in [3.05, 3.63) is 58.6 Å². The molecule has 0 bridgehead atoms. The minimum atomic E-state index is -4.69.